The highest BCUT2D eigenvalue weighted by atomic mass is 35.5. The van der Waals surface area contributed by atoms with Gasteiger partial charge in [0.1, 0.15) is 17.7 Å². The number of hydrogen-bond acceptors (Lipinski definition) is 7. The number of nitrogens with one attached hydrogen (secondary N) is 3. The highest BCUT2D eigenvalue weighted by molar-refractivity contribution is 6.30. The standard InChI is InChI=1S/C28H30ClN5O4/c29-18-5-8-26(31-16-18)33-27(36)22-3-1-2-4-24(22)32-28(37)23-7-6-19(34-14-11-20(35)17-34)15-25(23)38-21-9-12-30-13-10-21/h1-8,15-16,20-21,30,35H,9-14,17H2,(H,32,37)(H,31,33,36)/t20-/m0/s1. The Kier molecular flexibility index (Phi) is 8.07. The summed E-state index contributed by atoms with van der Waals surface area (Å²) in [5, 5.41) is 19.4. The number of amides is 2. The number of piperidine rings is 1. The monoisotopic (exact) mass is 535 g/mol. The Balaban J connectivity index is 1.38. The number of benzene rings is 2. The summed E-state index contributed by atoms with van der Waals surface area (Å²) in [5.74, 6) is 0.0399. The van der Waals surface area contributed by atoms with Crippen LogP contribution in [0.4, 0.5) is 17.2 Å². The molecule has 1 atom stereocenters. The van der Waals surface area contributed by atoms with E-state index >= 15 is 0 Å². The minimum Gasteiger partial charge on any atom is -0.489 e. The Morgan fingerprint density at radius 1 is 1.00 bits per heavy atom. The van der Waals surface area contributed by atoms with Crippen molar-refractivity contribution in [1.82, 2.24) is 10.3 Å². The number of pyridine rings is 1. The molecular formula is C28H30ClN5O4. The fraction of sp³-hybridized carbons (Fsp3) is 0.321. The lowest BCUT2D eigenvalue weighted by atomic mass is 10.1. The van der Waals surface area contributed by atoms with Crippen LogP contribution < -0.4 is 25.6 Å². The summed E-state index contributed by atoms with van der Waals surface area (Å²) in [4.78, 5) is 32.7. The fourth-order valence-corrected chi connectivity index (χ4v) is 4.79. The molecule has 0 unspecified atom stereocenters. The first-order valence-corrected chi connectivity index (χ1v) is 13.1. The molecule has 0 spiro atoms. The maximum Gasteiger partial charge on any atom is 0.259 e. The second-order valence-electron chi connectivity index (χ2n) is 9.45. The van der Waals surface area contributed by atoms with E-state index in [2.05, 4.69) is 25.8 Å². The molecule has 2 saturated heterocycles. The van der Waals surface area contributed by atoms with Crippen molar-refractivity contribution in [3.63, 3.8) is 0 Å². The molecule has 0 radical (unpaired) electrons. The third-order valence-corrected chi connectivity index (χ3v) is 6.93. The van der Waals surface area contributed by atoms with Crippen LogP contribution in [0.2, 0.25) is 5.02 Å². The summed E-state index contributed by atoms with van der Waals surface area (Å²) in [5.41, 5.74) is 1.93. The third kappa shape index (κ3) is 6.24. The Bertz CT molecular complexity index is 1300. The first kappa shape index (κ1) is 26.0. The van der Waals surface area contributed by atoms with E-state index in [1.165, 1.54) is 6.20 Å². The highest BCUT2D eigenvalue weighted by Crippen LogP contribution is 2.31. The molecule has 0 saturated carbocycles. The zero-order valence-corrected chi connectivity index (χ0v) is 21.6. The van der Waals surface area contributed by atoms with Crippen molar-refractivity contribution in [3.8, 4) is 5.75 Å². The van der Waals surface area contributed by atoms with Gasteiger partial charge < -0.3 is 30.7 Å². The molecule has 3 heterocycles. The van der Waals surface area contributed by atoms with Crippen LogP contribution in [0.25, 0.3) is 0 Å². The number of aliphatic hydroxyl groups is 1. The summed E-state index contributed by atoms with van der Waals surface area (Å²) < 4.78 is 6.35. The quantitative estimate of drug-likeness (QED) is 0.362. The lowest BCUT2D eigenvalue weighted by molar-refractivity contribution is 0.101. The molecule has 198 valence electrons. The number of carbonyl (C=O) groups is 2. The van der Waals surface area contributed by atoms with Crippen LogP contribution in [-0.4, -0.2) is 60.3 Å². The first-order valence-electron chi connectivity index (χ1n) is 12.7. The number of β-amino-alcohol motifs (C(OH)–C–C–N with tert-alkyl or cyclic N) is 1. The molecule has 0 aliphatic carbocycles. The Morgan fingerprint density at radius 2 is 1.79 bits per heavy atom. The summed E-state index contributed by atoms with van der Waals surface area (Å²) in [6.07, 6.45) is 3.47. The van der Waals surface area contributed by atoms with Crippen LogP contribution in [0.1, 0.15) is 40.0 Å². The van der Waals surface area contributed by atoms with Crippen molar-refractivity contribution in [1.29, 1.82) is 0 Å². The number of carbonyl (C=O) groups excluding carboxylic acids is 2. The number of halogens is 1. The van der Waals surface area contributed by atoms with E-state index in [1.54, 1.807) is 42.5 Å². The van der Waals surface area contributed by atoms with Crippen molar-refractivity contribution in [2.45, 2.75) is 31.5 Å². The van der Waals surface area contributed by atoms with Gasteiger partial charge in [-0.3, -0.25) is 9.59 Å². The summed E-state index contributed by atoms with van der Waals surface area (Å²) in [6, 6.07) is 15.5. The topological polar surface area (TPSA) is 116 Å². The van der Waals surface area contributed by atoms with E-state index < -0.39 is 5.91 Å². The van der Waals surface area contributed by atoms with Crippen LogP contribution >= 0.6 is 11.6 Å². The molecule has 5 rings (SSSR count). The van der Waals surface area contributed by atoms with Gasteiger partial charge in [-0.25, -0.2) is 4.98 Å². The Morgan fingerprint density at radius 3 is 2.53 bits per heavy atom. The number of ether oxygens (including phenoxy) is 1. The molecular weight excluding hydrogens is 506 g/mol. The second-order valence-corrected chi connectivity index (χ2v) is 9.89. The van der Waals surface area contributed by atoms with Crippen molar-refractivity contribution in [2.24, 2.45) is 0 Å². The molecule has 0 bridgehead atoms. The third-order valence-electron chi connectivity index (χ3n) is 6.71. The van der Waals surface area contributed by atoms with E-state index in [0.717, 1.165) is 38.2 Å². The van der Waals surface area contributed by atoms with Gasteiger partial charge in [0.05, 0.1) is 27.9 Å². The zero-order valence-electron chi connectivity index (χ0n) is 20.8. The maximum atomic E-state index is 13.5. The predicted molar refractivity (Wildman–Crippen MR) is 147 cm³/mol. The Labute approximate surface area is 226 Å². The number of anilines is 3. The minimum atomic E-state index is -0.412. The largest absolute Gasteiger partial charge is 0.489 e. The molecule has 1 aromatic heterocycles. The first-order chi connectivity index (χ1) is 18.5. The minimum absolute atomic E-state index is 0.00726. The number of nitrogens with zero attached hydrogens (tertiary/aromatic N) is 2. The van der Waals surface area contributed by atoms with Gasteiger partial charge in [-0.2, -0.15) is 0 Å². The number of para-hydroxylation sites is 1. The smallest absolute Gasteiger partial charge is 0.259 e. The Hall–Kier alpha value is -3.66. The SMILES string of the molecule is O=C(Nc1ccc(Cl)cn1)c1ccccc1NC(=O)c1ccc(N2CC[C@H](O)C2)cc1OC1CCNCC1. The zero-order chi connectivity index (χ0) is 26.5. The van der Waals surface area contributed by atoms with Gasteiger partial charge in [-0.05, 0) is 68.8 Å². The fourth-order valence-electron chi connectivity index (χ4n) is 4.68. The van der Waals surface area contributed by atoms with E-state index in [0.29, 0.717) is 46.4 Å². The van der Waals surface area contributed by atoms with E-state index in [9.17, 15) is 14.7 Å². The number of rotatable bonds is 7. The molecule has 9 nitrogen and oxygen atoms in total. The molecule has 3 aromatic rings. The van der Waals surface area contributed by atoms with Crippen molar-refractivity contribution < 1.29 is 19.4 Å². The molecule has 2 aliphatic rings. The highest BCUT2D eigenvalue weighted by Gasteiger charge is 2.25. The van der Waals surface area contributed by atoms with Gasteiger partial charge >= 0.3 is 0 Å². The van der Waals surface area contributed by atoms with Crippen molar-refractivity contribution >= 4 is 40.6 Å². The van der Waals surface area contributed by atoms with E-state index in [1.807, 2.05) is 12.1 Å². The van der Waals surface area contributed by atoms with Gasteiger partial charge in [0.15, 0.2) is 0 Å². The molecule has 4 N–H and O–H groups in total. The summed E-state index contributed by atoms with van der Waals surface area (Å²) in [6.45, 7) is 3.00. The average molecular weight is 536 g/mol. The van der Waals surface area contributed by atoms with Crippen molar-refractivity contribution in [2.75, 3.05) is 41.7 Å². The lowest BCUT2D eigenvalue weighted by Crippen LogP contribution is -2.34. The average Bonchev–Trinajstić information content (AvgIpc) is 3.37. The van der Waals surface area contributed by atoms with Crippen molar-refractivity contribution in [3.05, 3.63) is 76.9 Å². The lowest BCUT2D eigenvalue weighted by Gasteiger charge is -2.26. The van der Waals surface area contributed by atoms with Crippen LogP contribution in [0.5, 0.6) is 5.75 Å². The van der Waals surface area contributed by atoms with Gasteiger partial charge in [0.2, 0.25) is 0 Å². The molecule has 2 aromatic carbocycles. The van der Waals surface area contributed by atoms with E-state index in [4.69, 9.17) is 16.3 Å². The van der Waals surface area contributed by atoms with Crippen LogP contribution in [-0.2, 0) is 0 Å². The number of hydrogen-bond donors (Lipinski definition) is 4. The van der Waals surface area contributed by atoms with E-state index in [-0.39, 0.29) is 18.1 Å². The maximum absolute atomic E-state index is 13.5. The molecule has 2 aliphatic heterocycles. The molecule has 38 heavy (non-hydrogen) atoms. The molecule has 10 heteroatoms. The van der Waals surface area contributed by atoms with Gasteiger partial charge in [0, 0.05) is 31.0 Å². The van der Waals surface area contributed by atoms with Crippen LogP contribution in [0.3, 0.4) is 0 Å². The van der Waals surface area contributed by atoms with Crippen LogP contribution in [0, 0.1) is 0 Å². The van der Waals surface area contributed by atoms with Gasteiger partial charge in [-0.1, -0.05) is 23.7 Å². The van der Waals surface area contributed by atoms with Crippen LogP contribution in [0.15, 0.2) is 60.8 Å². The molecule has 2 amide bonds. The second kappa shape index (κ2) is 11.8. The summed E-state index contributed by atoms with van der Waals surface area (Å²) >= 11 is 5.88. The number of aromatic nitrogens is 1. The predicted octanol–water partition coefficient (Wildman–Crippen LogP) is 3.94. The number of aliphatic hydroxyl groups excluding tert-OH is 1. The van der Waals surface area contributed by atoms with Gasteiger partial charge in [-0.15, -0.1) is 0 Å². The van der Waals surface area contributed by atoms with Gasteiger partial charge in [0.25, 0.3) is 11.8 Å². The summed E-state index contributed by atoms with van der Waals surface area (Å²) in [7, 11) is 0. The molecule has 2 fully saturated rings. The normalized spacial score (nSPS) is 17.7.